The zero-order chi connectivity index (χ0) is 16.8. The summed E-state index contributed by atoms with van der Waals surface area (Å²) in [5, 5.41) is 8.79. The van der Waals surface area contributed by atoms with Crippen molar-refractivity contribution in [2.45, 2.75) is 46.0 Å². The number of thiophene rings is 1. The predicted molar refractivity (Wildman–Crippen MR) is 98.6 cm³/mol. The standard InChI is InChI=1S/C18H22N4OS/c1-10-9-11(2)19-18-13(10)14-15(24-18)16(21-22(14)3)20-17(23)12-7-5-4-6-8-12/h9,12H,4-8H2,1-3H3,(H,20,21,23). The molecule has 1 aliphatic rings. The van der Waals surface area contributed by atoms with E-state index in [1.165, 1.54) is 12.0 Å². The number of amides is 1. The lowest BCUT2D eigenvalue weighted by atomic mass is 9.89. The molecule has 1 amide bonds. The number of hydrogen-bond acceptors (Lipinski definition) is 4. The summed E-state index contributed by atoms with van der Waals surface area (Å²) in [7, 11) is 1.93. The highest BCUT2D eigenvalue weighted by Gasteiger charge is 2.24. The summed E-state index contributed by atoms with van der Waals surface area (Å²) in [6, 6.07) is 2.10. The molecule has 1 aliphatic carbocycles. The highest BCUT2D eigenvalue weighted by Crippen LogP contribution is 2.39. The van der Waals surface area contributed by atoms with Crippen LogP contribution in [0.1, 0.15) is 43.4 Å². The van der Waals surface area contributed by atoms with Crippen LogP contribution in [-0.4, -0.2) is 20.7 Å². The highest BCUT2D eigenvalue weighted by molar-refractivity contribution is 7.26. The Hall–Kier alpha value is -1.95. The molecule has 1 fully saturated rings. The van der Waals surface area contributed by atoms with Crippen LogP contribution in [0.25, 0.3) is 20.4 Å². The van der Waals surface area contributed by atoms with Gasteiger partial charge in [0.25, 0.3) is 0 Å². The van der Waals surface area contributed by atoms with E-state index in [-0.39, 0.29) is 11.8 Å². The molecule has 3 aromatic rings. The number of fused-ring (bicyclic) bond motifs is 3. The number of rotatable bonds is 2. The normalized spacial score (nSPS) is 16.1. The number of carbonyl (C=O) groups excluding carboxylic acids is 1. The van der Waals surface area contributed by atoms with Crippen molar-refractivity contribution in [1.82, 2.24) is 14.8 Å². The third-order valence-corrected chi connectivity index (χ3v) is 6.05. The first-order valence-corrected chi connectivity index (χ1v) is 9.40. The first-order valence-electron chi connectivity index (χ1n) is 8.59. The molecule has 0 aromatic carbocycles. The van der Waals surface area contributed by atoms with Gasteiger partial charge in [0.2, 0.25) is 5.91 Å². The summed E-state index contributed by atoms with van der Waals surface area (Å²) in [5.41, 5.74) is 3.29. The fraction of sp³-hybridized carbons (Fsp3) is 0.500. The van der Waals surface area contributed by atoms with Gasteiger partial charge < -0.3 is 5.32 Å². The lowest BCUT2D eigenvalue weighted by Crippen LogP contribution is -2.25. The molecule has 0 saturated heterocycles. The monoisotopic (exact) mass is 342 g/mol. The second-order valence-corrected chi connectivity index (χ2v) is 7.84. The minimum atomic E-state index is 0.119. The van der Waals surface area contributed by atoms with Crippen LogP contribution in [0.2, 0.25) is 0 Å². The van der Waals surface area contributed by atoms with Gasteiger partial charge in [0, 0.05) is 24.0 Å². The summed E-state index contributed by atoms with van der Waals surface area (Å²) in [5.74, 6) is 0.934. The topological polar surface area (TPSA) is 59.8 Å². The molecule has 3 heterocycles. The number of aryl methyl sites for hydroxylation is 3. The summed E-state index contributed by atoms with van der Waals surface area (Å²) in [6.07, 6.45) is 5.54. The van der Waals surface area contributed by atoms with Crippen LogP contribution in [-0.2, 0) is 11.8 Å². The molecule has 1 N–H and O–H groups in total. The Bertz CT molecular complexity index is 934. The van der Waals surface area contributed by atoms with Crippen molar-refractivity contribution in [1.29, 1.82) is 0 Å². The summed E-state index contributed by atoms with van der Waals surface area (Å²) >= 11 is 1.62. The van der Waals surface area contributed by atoms with Crippen molar-refractivity contribution >= 4 is 43.5 Å². The highest BCUT2D eigenvalue weighted by atomic mass is 32.1. The third kappa shape index (κ3) is 2.49. The second-order valence-electron chi connectivity index (χ2n) is 6.84. The quantitative estimate of drug-likeness (QED) is 0.754. The minimum Gasteiger partial charge on any atom is -0.308 e. The van der Waals surface area contributed by atoms with Crippen molar-refractivity contribution in [3.05, 3.63) is 17.3 Å². The van der Waals surface area contributed by atoms with Gasteiger partial charge in [0.05, 0.1) is 10.2 Å². The van der Waals surface area contributed by atoms with Gasteiger partial charge in [-0.15, -0.1) is 11.3 Å². The molecule has 0 unspecified atom stereocenters. The molecule has 6 heteroatoms. The molecule has 5 nitrogen and oxygen atoms in total. The van der Waals surface area contributed by atoms with Crippen LogP contribution in [0.5, 0.6) is 0 Å². The predicted octanol–water partition coefficient (Wildman–Crippen LogP) is 4.32. The second kappa shape index (κ2) is 5.84. The van der Waals surface area contributed by atoms with E-state index < -0.39 is 0 Å². The smallest absolute Gasteiger partial charge is 0.228 e. The van der Waals surface area contributed by atoms with E-state index in [4.69, 9.17) is 0 Å². The average Bonchev–Trinajstić information content (AvgIpc) is 3.06. The first kappa shape index (κ1) is 15.6. The lowest BCUT2D eigenvalue weighted by molar-refractivity contribution is -0.120. The van der Waals surface area contributed by atoms with Crippen LogP contribution < -0.4 is 5.32 Å². The molecule has 126 valence electrons. The number of aromatic nitrogens is 3. The van der Waals surface area contributed by atoms with Crippen molar-refractivity contribution in [3.63, 3.8) is 0 Å². The van der Waals surface area contributed by atoms with Crippen molar-refractivity contribution < 1.29 is 4.79 Å². The Morgan fingerprint density at radius 2 is 2.04 bits per heavy atom. The lowest BCUT2D eigenvalue weighted by Gasteiger charge is -2.20. The van der Waals surface area contributed by atoms with E-state index >= 15 is 0 Å². The molecule has 0 aliphatic heterocycles. The van der Waals surface area contributed by atoms with Gasteiger partial charge >= 0.3 is 0 Å². The Morgan fingerprint density at radius 3 is 2.79 bits per heavy atom. The fourth-order valence-electron chi connectivity index (χ4n) is 3.80. The van der Waals surface area contributed by atoms with Crippen LogP contribution in [0.4, 0.5) is 5.82 Å². The maximum absolute atomic E-state index is 12.6. The van der Waals surface area contributed by atoms with E-state index in [1.54, 1.807) is 11.3 Å². The molecule has 0 radical (unpaired) electrons. The van der Waals surface area contributed by atoms with E-state index in [9.17, 15) is 4.79 Å². The third-order valence-electron chi connectivity index (χ3n) is 4.97. The van der Waals surface area contributed by atoms with Crippen LogP contribution in [0.3, 0.4) is 0 Å². The number of pyridine rings is 1. The van der Waals surface area contributed by atoms with Crippen LogP contribution >= 0.6 is 11.3 Å². The summed E-state index contributed by atoms with van der Waals surface area (Å²) in [4.78, 5) is 18.3. The average molecular weight is 342 g/mol. The van der Waals surface area contributed by atoms with Crippen molar-refractivity contribution in [3.8, 4) is 0 Å². The van der Waals surface area contributed by atoms with Crippen molar-refractivity contribution in [2.24, 2.45) is 13.0 Å². The number of nitrogens with one attached hydrogen (secondary N) is 1. The minimum absolute atomic E-state index is 0.119. The molecule has 1 saturated carbocycles. The Kier molecular flexibility index (Phi) is 3.79. The molecule has 3 aromatic heterocycles. The molecular weight excluding hydrogens is 320 g/mol. The molecule has 0 spiro atoms. The fourth-order valence-corrected chi connectivity index (χ4v) is 5.07. The first-order chi connectivity index (χ1) is 11.5. The largest absolute Gasteiger partial charge is 0.308 e. The Balaban J connectivity index is 1.76. The number of hydrogen-bond donors (Lipinski definition) is 1. The van der Waals surface area contributed by atoms with E-state index in [1.807, 2.05) is 18.7 Å². The van der Waals surface area contributed by atoms with Gasteiger partial charge in [-0.05, 0) is 38.3 Å². The molecule has 4 rings (SSSR count). The SMILES string of the molecule is Cc1cc(C)c2c(n1)sc1c(NC(=O)C3CCCCC3)nn(C)c12. The number of carbonyl (C=O) groups is 1. The molecule has 0 bridgehead atoms. The van der Waals surface area contributed by atoms with Gasteiger partial charge in [0.1, 0.15) is 4.83 Å². The summed E-state index contributed by atoms with van der Waals surface area (Å²) in [6.45, 7) is 4.12. The molecule has 0 atom stereocenters. The van der Waals surface area contributed by atoms with Gasteiger partial charge in [-0.1, -0.05) is 19.3 Å². The van der Waals surface area contributed by atoms with E-state index in [0.717, 1.165) is 51.8 Å². The zero-order valence-corrected chi connectivity index (χ0v) is 15.2. The van der Waals surface area contributed by atoms with E-state index in [2.05, 4.69) is 28.4 Å². The maximum atomic E-state index is 12.6. The Labute approximate surface area is 145 Å². The van der Waals surface area contributed by atoms with Crippen LogP contribution in [0, 0.1) is 19.8 Å². The zero-order valence-electron chi connectivity index (χ0n) is 14.3. The molecular formula is C18H22N4OS. The van der Waals surface area contributed by atoms with Gasteiger partial charge in [-0.2, -0.15) is 5.10 Å². The van der Waals surface area contributed by atoms with Gasteiger partial charge in [-0.3, -0.25) is 9.48 Å². The van der Waals surface area contributed by atoms with Gasteiger partial charge in [0.15, 0.2) is 5.82 Å². The van der Waals surface area contributed by atoms with Crippen LogP contribution in [0.15, 0.2) is 6.07 Å². The number of anilines is 1. The van der Waals surface area contributed by atoms with E-state index in [0.29, 0.717) is 5.82 Å². The van der Waals surface area contributed by atoms with Crippen molar-refractivity contribution in [2.75, 3.05) is 5.32 Å². The Morgan fingerprint density at radius 1 is 1.29 bits per heavy atom. The van der Waals surface area contributed by atoms with Gasteiger partial charge in [-0.25, -0.2) is 4.98 Å². The summed E-state index contributed by atoms with van der Waals surface area (Å²) < 4.78 is 2.90. The molecule has 24 heavy (non-hydrogen) atoms. The maximum Gasteiger partial charge on any atom is 0.228 e. The number of nitrogens with zero attached hydrogens (tertiary/aromatic N) is 3.